The van der Waals surface area contributed by atoms with Gasteiger partial charge in [-0.3, -0.25) is 5.70 Å². The van der Waals surface area contributed by atoms with Crippen molar-refractivity contribution >= 4 is 13.6 Å². The van der Waals surface area contributed by atoms with E-state index in [1.807, 2.05) is 60.7 Å². The van der Waals surface area contributed by atoms with Crippen molar-refractivity contribution in [3.8, 4) is 0 Å². The van der Waals surface area contributed by atoms with Crippen molar-refractivity contribution in [2.75, 3.05) is 0 Å². The largest absolute Gasteiger partial charge is 0.322 e. The number of hydrogen-bond acceptors (Lipinski definition) is 0. The summed E-state index contributed by atoms with van der Waals surface area (Å²) in [6.45, 7) is 11.7. The Morgan fingerprint density at radius 3 is 1.54 bits per heavy atom. The van der Waals surface area contributed by atoms with Gasteiger partial charge in [-0.1, -0.05) is 51.7 Å². The molecule has 1 fully saturated rings. The van der Waals surface area contributed by atoms with Crippen LogP contribution in [0.15, 0.2) is 91.0 Å². The van der Waals surface area contributed by atoms with Crippen LogP contribution in [0.2, 0.25) is 19.6 Å². The van der Waals surface area contributed by atoms with Crippen LogP contribution in [-0.4, -0.2) is 8.07 Å². The molecule has 3 aromatic carbocycles. The van der Waals surface area contributed by atoms with Crippen LogP contribution in [0, 0.1) is 23.5 Å². The molecule has 0 spiro atoms. The van der Waals surface area contributed by atoms with Gasteiger partial charge in [0.15, 0.2) is 0 Å². The number of allylic oxidation sites excluding steroid dienone is 1. The van der Waals surface area contributed by atoms with Gasteiger partial charge in [-0.2, -0.15) is 53.3 Å². The minimum Gasteiger partial charge on any atom is -0.322 e. The molecule has 1 unspecified atom stereocenters. The van der Waals surface area contributed by atoms with Gasteiger partial charge >= 0.3 is 0 Å². The first-order valence-electron chi connectivity index (χ1n) is 9.69. The first-order valence-corrected chi connectivity index (χ1v) is 13.2. The van der Waals surface area contributed by atoms with Crippen molar-refractivity contribution in [1.82, 2.24) is 0 Å². The average Bonchev–Trinajstić information content (AvgIpc) is 3.17. The molecule has 4 rings (SSSR count). The van der Waals surface area contributed by atoms with E-state index in [2.05, 4.69) is 75.9 Å². The fourth-order valence-corrected chi connectivity index (χ4v) is 3.94. The van der Waals surface area contributed by atoms with Gasteiger partial charge in [-0.05, 0) is 8.07 Å². The van der Waals surface area contributed by atoms with Gasteiger partial charge in [0.2, 0.25) is 0 Å². The van der Waals surface area contributed by atoms with Gasteiger partial charge in [-0.15, -0.1) is 12.1 Å². The summed E-state index contributed by atoms with van der Waals surface area (Å²) in [5.74, 6) is 0.594. The second-order valence-electron chi connectivity index (χ2n) is 8.54. The van der Waals surface area contributed by atoms with Gasteiger partial charge in [0.25, 0.3) is 0 Å². The van der Waals surface area contributed by atoms with Crippen molar-refractivity contribution in [3.63, 3.8) is 0 Å². The summed E-state index contributed by atoms with van der Waals surface area (Å²) in [4.78, 5) is 0. The summed E-state index contributed by atoms with van der Waals surface area (Å²) in [6, 6.07) is 30.8. The normalized spacial score (nSPS) is 17.2. The zero-order valence-corrected chi connectivity index (χ0v) is 21.3. The third-order valence-electron chi connectivity index (χ3n) is 4.31. The molecular weight excluding hydrogens is 432 g/mol. The molecule has 1 aliphatic carbocycles. The Kier molecular flexibility index (Phi) is 10.4. The van der Waals surface area contributed by atoms with Gasteiger partial charge in [0.05, 0.1) is 0 Å². The minimum atomic E-state index is -1.30. The number of benzene rings is 1. The van der Waals surface area contributed by atoms with Crippen molar-refractivity contribution in [2.24, 2.45) is 11.3 Å². The Morgan fingerprint density at radius 2 is 1.25 bits per heavy atom. The van der Waals surface area contributed by atoms with E-state index in [0.717, 1.165) is 0 Å². The quantitative estimate of drug-likeness (QED) is 0.280. The summed E-state index contributed by atoms with van der Waals surface area (Å²) in [7, 11) is -1.30. The third kappa shape index (κ3) is 9.30. The summed E-state index contributed by atoms with van der Waals surface area (Å²) < 4.78 is 0. The van der Waals surface area contributed by atoms with Crippen LogP contribution in [0.25, 0.3) is 5.57 Å². The van der Waals surface area contributed by atoms with Gasteiger partial charge < -0.3 is 6.42 Å². The second kappa shape index (κ2) is 11.7. The molecule has 0 N–H and O–H groups in total. The van der Waals surface area contributed by atoms with Crippen molar-refractivity contribution in [2.45, 2.75) is 33.5 Å². The van der Waals surface area contributed by atoms with Crippen molar-refractivity contribution in [3.05, 3.63) is 109 Å². The molecule has 1 saturated carbocycles. The summed E-state index contributed by atoms with van der Waals surface area (Å²) in [5, 5.41) is 0. The van der Waals surface area contributed by atoms with Crippen molar-refractivity contribution < 1.29 is 26.2 Å². The molecular formula is C26H32SiZr-4. The van der Waals surface area contributed by atoms with Crippen molar-refractivity contribution in [1.29, 1.82) is 0 Å². The van der Waals surface area contributed by atoms with E-state index in [9.17, 15) is 0 Å². The van der Waals surface area contributed by atoms with Crippen LogP contribution in [0.4, 0.5) is 0 Å². The molecule has 148 valence electrons. The zero-order valence-electron chi connectivity index (χ0n) is 17.8. The van der Waals surface area contributed by atoms with Crippen LogP contribution in [0.5, 0.6) is 0 Å². The Labute approximate surface area is 192 Å². The van der Waals surface area contributed by atoms with Crippen LogP contribution < -0.4 is 0 Å². The fraction of sp³-hybridized carbons (Fsp3) is 0.269. The molecule has 0 saturated heterocycles. The molecule has 0 aromatic heterocycles. The molecule has 0 aliphatic heterocycles. The Hall–Kier alpha value is -1.24. The molecule has 0 nitrogen and oxygen atoms in total. The van der Waals surface area contributed by atoms with E-state index < -0.39 is 8.07 Å². The van der Waals surface area contributed by atoms with E-state index in [0.29, 0.717) is 11.3 Å². The average molecular weight is 464 g/mol. The first kappa shape index (κ1) is 24.8. The topological polar surface area (TPSA) is 0 Å². The molecule has 3 aromatic rings. The minimum absolute atomic E-state index is 0. The summed E-state index contributed by atoms with van der Waals surface area (Å²) in [5.41, 5.74) is 6.95. The molecule has 1 atom stereocenters. The molecule has 0 radical (unpaired) electrons. The monoisotopic (exact) mass is 462 g/mol. The number of hydrogen-bond donors (Lipinski definition) is 0. The van der Waals surface area contributed by atoms with E-state index in [1.165, 1.54) is 11.1 Å². The molecule has 0 bridgehead atoms. The van der Waals surface area contributed by atoms with Crippen LogP contribution in [0.3, 0.4) is 0 Å². The maximum atomic E-state index is 3.81. The van der Waals surface area contributed by atoms with Crippen LogP contribution >= 0.6 is 0 Å². The summed E-state index contributed by atoms with van der Waals surface area (Å²) >= 11 is 0. The Morgan fingerprint density at radius 1 is 0.821 bits per heavy atom. The maximum Gasteiger partial charge on any atom is 0 e. The maximum absolute atomic E-state index is 3.81. The van der Waals surface area contributed by atoms with Crippen LogP contribution in [-0.2, 0) is 26.2 Å². The SMILES string of the molecule is CC1(C)[CH-]C1C(=[C-][Si](C)(C)C)c1ccccc1.[Zr].c1cc[cH-]c1.c1cc[cH-]c1. The van der Waals surface area contributed by atoms with Gasteiger partial charge in [0.1, 0.15) is 0 Å². The van der Waals surface area contributed by atoms with Gasteiger partial charge in [0, 0.05) is 26.2 Å². The van der Waals surface area contributed by atoms with E-state index in [4.69, 9.17) is 0 Å². The zero-order chi connectivity index (χ0) is 19.8. The molecule has 1 aliphatic rings. The smallest absolute Gasteiger partial charge is 0 e. The Balaban J connectivity index is 0.000000290. The standard InChI is InChI=1S/C16H22Si.2C5H5.Zr/c1-16(2)11-15(16)14(12-17(3,4)5)13-9-7-6-8-10-13;2*1-2-4-5-3-1;/h6-11,15H,1-5H3;2*1-5H;/q-2;2*-1;. The van der Waals surface area contributed by atoms with E-state index >= 15 is 0 Å². The number of rotatable bonds is 3. The second-order valence-corrected chi connectivity index (χ2v) is 13.3. The van der Waals surface area contributed by atoms with Crippen LogP contribution in [0.1, 0.15) is 19.4 Å². The molecule has 0 heterocycles. The predicted octanol–water partition coefficient (Wildman–Crippen LogP) is 7.42. The van der Waals surface area contributed by atoms with Gasteiger partial charge in [-0.25, -0.2) is 29.8 Å². The molecule has 0 amide bonds. The van der Waals surface area contributed by atoms with E-state index in [-0.39, 0.29) is 26.2 Å². The predicted molar refractivity (Wildman–Crippen MR) is 122 cm³/mol. The first-order chi connectivity index (χ1) is 12.8. The summed E-state index contributed by atoms with van der Waals surface area (Å²) in [6.07, 6.45) is 2.43. The van der Waals surface area contributed by atoms with E-state index in [1.54, 1.807) is 0 Å². The molecule has 2 heteroatoms. The molecule has 28 heavy (non-hydrogen) atoms. The Bertz CT molecular complexity index is 699. The third-order valence-corrected chi connectivity index (χ3v) is 5.32. The fourth-order valence-electron chi connectivity index (χ4n) is 2.83.